The van der Waals surface area contributed by atoms with Gasteiger partial charge in [0.05, 0.1) is 11.0 Å². The molecule has 6 nitrogen and oxygen atoms in total. The van der Waals surface area contributed by atoms with Crippen LogP contribution in [0.3, 0.4) is 0 Å². The molecule has 3 aromatic carbocycles. The van der Waals surface area contributed by atoms with Crippen LogP contribution in [0, 0.1) is 5.82 Å². The predicted molar refractivity (Wildman–Crippen MR) is 109 cm³/mol. The van der Waals surface area contributed by atoms with E-state index in [0.29, 0.717) is 28.9 Å². The number of nitrogens with one attached hydrogen (secondary N) is 1. The van der Waals surface area contributed by atoms with E-state index in [1.165, 1.54) is 12.1 Å². The number of rotatable bonds is 4. The second-order valence-electron chi connectivity index (χ2n) is 6.59. The minimum atomic E-state index is -0.360. The standard InChI is InChI=1S/C22H15FN4O2/c23-14-6-5-7-15(12-14)24-22-26-25-20(29-22)13-27-18-10-3-1-8-16(18)21(28)17-9-2-4-11-19(17)27/h1-12H,13H2,(H,24,26). The maximum atomic E-state index is 13.4. The number of hydrogen-bond donors (Lipinski definition) is 1. The van der Waals surface area contributed by atoms with E-state index in [2.05, 4.69) is 15.5 Å². The van der Waals surface area contributed by atoms with Crippen molar-refractivity contribution in [1.29, 1.82) is 0 Å². The summed E-state index contributed by atoms with van der Waals surface area (Å²) in [7, 11) is 0. The molecule has 0 aliphatic heterocycles. The summed E-state index contributed by atoms with van der Waals surface area (Å²) in [6, 6.07) is 21.0. The molecule has 0 aliphatic rings. The van der Waals surface area contributed by atoms with E-state index in [-0.39, 0.29) is 17.3 Å². The lowest BCUT2D eigenvalue weighted by atomic mass is 10.1. The van der Waals surface area contributed by atoms with Crippen LogP contribution in [0.2, 0.25) is 0 Å². The van der Waals surface area contributed by atoms with Crippen molar-refractivity contribution >= 4 is 33.5 Å². The van der Waals surface area contributed by atoms with Gasteiger partial charge >= 0.3 is 6.01 Å². The van der Waals surface area contributed by atoms with Crippen LogP contribution in [-0.2, 0) is 6.54 Å². The normalized spacial score (nSPS) is 11.2. The molecular weight excluding hydrogens is 371 g/mol. The number of para-hydroxylation sites is 2. The highest BCUT2D eigenvalue weighted by molar-refractivity contribution is 5.93. The molecule has 0 bridgehead atoms. The number of pyridine rings is 1. The molecule has 0 amide bonds. The topological polar surface area (TPSA) is 73.0 Å². The summed E-state index contributed by atoms with van der Waals surface area (Å²) in [5.74, 6) is 0.00351. The van der Waals surface area contributed by atoms with Gasteiger partial charge in [0, 0.05) is 16.5 Å². The fourth-order valence-corrected chi connectivity index (χ4v) is 3.44. The van der Waals surface area contributed by atoms with Crippen molar-refractivity contribution in [3.05, 3.63) is 94.7 Å². The van der Waals surface area contributed by atoms with Gasteiger partial charge in [0.15, 0.2) is 5.43 Å². The van der Waals surface area contributed by atoms with Crippen molar-refractivity contribution in [1.82, 2.24) is 14.8 Å². The number of fused-ring (bicyclic) bond motifs is 2. The maximum Gasteiger partial charge on any atom is 0.320 e. The Balaban J connectivity index is 1.56. The Kier molecular flexibility index (Phi) is 4.05. The zero-order valence-corrected chi connectivity index (χ0v) is 15.2. The van der Waals surface area contributed by atoms with Crippen LogP contribution >= 0.6 is 0 Å². The van der Waals surface area contributed by atoms with Crippen LogP contribution < -0.4 is 10.7 Å². The lowest BCUT2D eigenvalue weighted by Gasteiger charge is -2.13. The van der Waals surface area contributed by atoms with Gasteiger partial charge < -0.3 is 14.3 Å². The monoisotopic (exact) mass is 386 g/mol. The Morgan fingerprint density at radius 2 is 1.59 bits per heavy atom. The van der Waals surface area contributed by atoms with Gasteiger partial charge in [0.2, 0.25) is 5.89 Å². The number of aromatic nitrogens is 3. The van der Waals surface area contributed by atoms with E-state index in [0.717, 1.165) is 11.0 Å². The highest BCUT2D eigenvalue weighted by atomic mass is 19.1. The molecule has 0 saturated carbocycles. The molecule has 5 aromatic rings. The third-order valence-electron chi connectivity index (χ3n) is 4.72. The third kappa shape index (κ3) is 3.12. The van der Waals surface area contributed by atoms with Gasteiger partial charge in [0.25, 0.3) is 0 Å². The van der Waals surface area contributed by atoms with Crippen molar-refractivity contribution in [2.45, 2.75) is 6.54 Å². The highest BCUT2D eigenvalue weighted by Gasteiger charge is 2.13. The zero-order valence-electron chi connectivity index (χ0n) is 15.2. The molecule has 0 unspecified atom stereocenters. The molecule has 0 atom stereocenters. The Hall–Kier alpha value is -4.00. The average molecular weight is 386 g/mol. The number of anilines is 2. The number of halogens is 1. The summed E-state index contributed by atoms with van der Waals surface area (Å²) in [4.78, 5) is 12.8. The predicted octanol–water partition coefficient (Wildman–Crippen LogP) is 4.47. The van der Waals surface area contributed by atoms with E-state index in [1.54, 1.807) is 12.1 Å². The molecule has 0 fully saturated rings. The minimum Gasteiger partial charge on any atom is -0.406 e. The smallest absolute Gasteiger partial charge is 0.320 e. The van der Waals surface area contributed by atoms with E-state index < -0.39 is 0 Å². The number of hydrogen-bond acceptors (Lipinski definition) is 5. The molecule has 2 aromatic heterocycles. The van der Waals surface area contributed by atoms with Crippen molar-refractivity contribution in [3.8, 4) is 0 Å². The first-order valence-electron chi connectivity index (χ1n) is 9.04. The molecule has 142 valence electrons. The Morgan fingerprint density at radius 1 is 0.897 bits per heavy atom. The molecule has 0 aliphatic carbocycles. The fourth-order valence-electron chi connectivity index (χ4n) is 3.44. The van der Waals surface area contributed by atoms with Crippen LogP contribution in [-0.4, -0.2) is 14.8 Å². The van der Waals surface area contributed by atoms with Crippen LogP contribution in [0.15, 0.2) is 82.0 Å². The first-order chi connectivity index (χ1) is 14.2. The van der Waals surface area contributed by atoms with Gasteiger partial charge in [-0.2, -0.15) is 0 Å². The van der Waals surface area contributed by atoms with Gasteiger partial charge in [-0.1, -0.05) is 35.4 Å². The second kappa shape index (κ2) is 6.87. The quantitative estimate of drug-likeness (QED) is 0.462. The molecule has 1 N–H and O–H groups in total. The molecular formula is C22H15FN4O2. The molecule has 2 heterocycles. The van der Waals surface area contributed by atoms with Crippen LogP contribution in [0.5, 0.6) is 0 Å². The molecule has 7 heteroatoms. The third-order valence-corrected chi connectivity index (χ3v) is 4.72. The molecule has 5 rings (SSSR count). The number of benzene rings is 3. The van der Waals surface area contributed by atoms with Gasteiger partial charge in [-0.3, -0.25) is 4.79 Å². The summed E-state index contributed by atoms with van der Waals surface area (Å²) in [5, 5.41) is 12.2. The zero-order chi connectivity index (χ0) is 19.8. The lowest BCUT2D eigenvalue weighted by molar-refractivity contribution is 0.497. The van der Waals surface area contributed by atoms with Crippen molar-refractivity contribution < 1.29 is 8.81 Å². The van der Waals surface area contributed by atoms with E-state index >= 15 is 0 Å². The van der Waals surface area contributed by atoms with E-state index in [1.807, 2.05) is 53.1 Å². The molecule has 0 spiro atoms. The van der Waals surface area contributed by atoms with Crippen molar-refractivity contribution in [2.75, 3.05) is 5.32 Å². The van der Waals surface area contributed by atoms with Gasteiger partial charge in [0.1, 0.15) is 12.4 Å². The van der Waals surface area contributed by atoms with E-state index in [4.69, 9.17) is 4.42 Å². The van der Waals surface area contributed by atoms with Crippen LogP contribution in [0.4, 0.5) is 16.1 Å². The van der Waals surface area contributed by atoms with E-state index in [9.17, 15) is 9.18 Å². The average Bonchev–Trinajstić information content (AvgIpc) is 3.18. The van der Waals surface area contributed by atoms with Gasteiger partial charge in [-0.15, -0.1) is 5.10 Å². The van der Waals surface area contributed by atoms with Crippen LogP contribution in [0.1, 0.15) is 5.89 Å². The first-order valence-corrected chi connectivity index (χ1v) is 9.04. The summed E-state index contributed by atoms with van der Waals surface area (Å²) in [6.07, 6.45) is 0. The molecule has 0 saturated heterocycles. The molecule has 29 heavy (non-hydrogen) atoms. The Labute approximate surface area is 164 Å². The Bertz CT molecular complexity index is 1350. The minimum absolute atomic E-state index is 0.00793. The largest absolute Gasteiger partial charge is 0.406 e. The highest BCUT2D eigenvalue weighted by Crippen LogP contribution is 2.22. The number of nitrogens with zero attached hydrogens (tertiary/aromatic N) is 3. The first kappa shape index (κ1) is 17.1. The summed E-state index contributed by atoms with van der Waals surface area (Å²) in [6.45, 7) is 0.291. The SMILES string of the molecule is O=c1c2ccccc2n(Cc2nnc(Nc3cccc(F)c3)o2)c2ccccc12. The van der Waals surface area contributed by atoms with Gasteiger partial charge in [-0.25, -0.2) is 4.39 Å². The Morgan fingerprint density at radius 3 is 2.28 bits per heavy atom. The molecule has 0 radical (unpaired) electrons. The summed E-state index contributed by atoms with van der Waals surface area (Å²) >= 11 is 0. The van der Waals surface area contributed by atoms with Crippen molar-refractivity contribution in [2.24, 2.45) is 0 Å². The second-order valence-corrected chi connectivity index (χ2v) is 6.59. The van der Waals surface area contributed by atoms with Crippen LogP contribution in [0.25, 0.3) is 21.8 Å². The summed E-state index contributed by atoms with van der Waals surface area (Å²) in [5.41, 5.74) is 2.08. The maximum absolute atomic E-state index is 13.4. The lowest BCUT2D eigenvalue weighted by Crippen LogP contribution is -2.12. The van der Waals surface area contributed by atoms with Gasteiger partial charge in [-0.05, 0) is 42.5 Å². The fraction of sp³-hybridized carbons (Fsp3) is 0.0455. The summed E-state index contributed by atoms with van der Waals surface area (Å²) < 4.78 is 21.0. The van der Waals surface area contributed by atoms with Crippen molar-refractivity contribution in [3.63, 3.8) is 0 Å².